The van der Waals surface area contributed by atoms with E-state index in [0.717, 1.165) is 12.1 Å². The van der Waals surface area contributed by atoms with Gasteiger partial charge in [0.1, 0.15) is 0 Å². The molecule has 0 bridgehead atoms. The van der Waals surface area contributed by atoms with Crippen molar-refractivity contribution in [3.05, 3.63) is 35.9 Å². The average molecular weight is 275 g/mol. The molecule has 0 heterocycles. The van der Waals surface area contributed by atoms with Crippen LogP contribution >= 0.6 is 0 Å². The molecule has 1 aliphatic carbocycles. The first-order chi connectivity index (χ1) is 9.61. The Morgan fingerprint density at radius 1 is 1.25 bits per heavy atom. The fourth-order valence-electron chi connectivity index (χ4n) is 3.13. The molecule has 1 atom stereocenters. The molecule has 1 aromatic rings. The van der Waals surface area contributed by atoms with E-state index in [9.17, 15) is 9.90 Å². The minimum atomic E-state index is -0.752. The van der Waals surface area contributed by atoms with E-state index in [0.29, 0.717) is 12.0 Å². The molecule has 1 fully saturated rings. The number of carbonyl (C=O) groups is 1. The second kappa shape index (κ2) is 6.89. The topological polar surface area (TPSA) is 49.3 Å². The Kier molecular flexibility index (Phi) is 5.18. The van der Waals surface area contributed by atoms with Crippen LogP contribution in [0.1, 0.15) is 50.5 Å². The zero-order chi connectivity index (χ0) is 14.4. The molecule has 3 heteroatoms. The average Bonchev–Trinajstić information content (AvgIpc) is 2.45. The highest BCUT2D eigenvalue weighted by Gasteiger charge is 2.27. The quantitative estimate of drug-likeness (QED) is 0.836. The first-order valence-electron chi connectivity index (χ1n) is 7.59. The van der Waals surface area contributed by atoms with Gasteiger partial charge in [-0.2, -0.15) is 0 Å². The van der Waals surface area contributed by atoms with Crippen LogP contribution in [0.4, 0.5) is 0 Å². The van der Waals surface area contributed by atoms with Gasteiger partial charge in [-0.15, -0.1) is 0 Å². The molecule has 1 saturated carbocycles. The van der Waals surface area contributed by atoms with Gasteiger partial charge in [0.25, 0.3) is 0 Å². The standard InChI is InChI=1S/C17H25NO2/c1-17(10-6-3-7-11-17)13-18-12-15(16(19)20)14-8-4-2-5-9-14/h2,4-5,8-9,15,18H,3,6-7,10-13H2,1H3,(H,19,20). The van der Waals surface area contributed by atoms with Crippen molar-refractivity contribution in [1.82, 2.24) is 5.32 Å². The second-order valence-electron chi connectivity index (χ2n) is 6.30. The first-order valence-corrected chi connectivity index (χ1v) is 7.59. The summed E-state index contributed by atoms with van der Waals surface area (Å²) in [5, 5.41) is 12.8. The van der Waals surface area contributed by atoms with Crippen molar-refractivity contribution in [1.29, 1.82) is 0 Å². The van der Waals surface area contributed by atoms with Gasteiger partial charge in [-0.05, 0) is 23.8 Å². The molecular weight excluding hydrogens is 250 g/mol. The van der Waals surface area contributed by atoms with Crippen molar-refractivity contribution in [2.75, 3.05) is 13.1 Å². The highest BCUT2D eigenvalue weighted by atomic mass is 16.4. The Balaban J connectivity index is 1.88. The molecule has 1 aromatic carbocycles. The van der Waals surface area contributed by atoms with E-state index in [2.05, 4.69) is 12.2 Å². The summed E-state index contributed by atoms with van der Waals surface area (Å²) < 4.78 is 0. The number of nitrogens with one attached hydrogen (secondary N) is 1. The maximum absolute atomic E-state index is 11.4. The smallest absolute Gasteiger partial charge is 0.312 e. The zero-order valence-electron chi connectivity index (χ0n) is 12.3. The number of carboxylic acids is 1. The Morgan fingerprint density at radius 2 is 1.90 bits per heavy atom. The predicted octanol–water partition coefficient (Wildman–Crippen LogP) is 3.41. The Hall–Kier alpha value is -1.35. The number of rotatable bonds is 6. The normalized spacial score (nSPS) is 19.4. The van der Waals surface area contributed by atoms with E-state index in [1.54, 1.807) is 0 Å². The van der Waals surface area contributed by atoms with Crippen molar-refractivity contribution >= 4 is 5.97 Å². The van der Waals surface area contributed by atoms with Gasteiger partial charge in [0, 0.05) is 13.1 Å². The van der Waals surface area contributed by atoms with Gasteiger partial charge >= 0.3 is 5.97 Å². The van der Waals surface area contributed by atoms with Crippen molar-refractivity contribution < 1.29 is 9.90 Å². The van der Waals surface area contributed by atoms with Gasteiger partial charge < -0.3 is 10.4 Å². The molecule has 0 aliphatic heterocycles. The van der Waals surface area contributed by atoms with Crippen LogP contribution < -0.4 is 5.32 Å². The largest absolute Gasteiger partial charge is 0.481 e. The van der Waals surface area contributed by atoms with Gasteiger partial charge in [-0.25, -0.2) is 0 Å². The third-order valence-corrected chi connectivity index (χ3v) is 4.46. The molecule has 0 spiro atoms. The molecule has 20 heavy (non-hydrogen) atoms. The van der Waals surface area contributed by atoms with Crippen LogP contribution in [0.5, 0.6) is 0 Å². The van der Waals surface area contributed by atoms with Crippen LogP contribution in [0, 0.1) is 5.41 Å². The molecule has 3 nitrogen and oxygen atoms in total. The maximum atomic E-state index is 11.4. The fourth-order valence-corrected chi connectivity index (χ4v) is 3.13. The fraction of sp³-hybridized carbons (Fsp3) is 0.588. The summed E-state index contributed by atoms with van der Waals surface area (Å²) in [5.74, 6) is -1.21. The van der Waals surface area contributed by atoms with E-state index in [4.69, 9.17) is 0 Å². The van der Waals surface area contributed by atoms with Gasteiger partial charge in [0.2, 0.25) is 0 Å². The summed E-state index contributed by atoms with van der Waals surface area (Å²) in [6, 6.07) is 9.49. The lowest BCUT2D eigenvalue weighted by Crippen LogP contribution is -2.37. The van der Waals surface area contributed by atoms with Crippen LogP contribution in [-0.2, 0) is 4.79 Å². The van der Waals surface area contributed by atoms with Gasteiger partial charge in [-0.1, -0.05) is 56.5 Å². The van der Waals surface area contributed by atoms with Crippen molar-refractivity contribution in [2.45, 2.75) is 44.9 Å². The molecular formula is C17H25NO2. The zero-order valence-corrected chi connectivity index (χ0v) is 12.3. The molecule has 2 N–H and O–H groups in total. The van der Waals surface area contributed by atoms with E-state index in [1.165, 1.54) is 32.1 Å². The lowest BCUT2D eigenvalue weighted by atomic mass is 9.75. The van der Waals surface area contributed by atoms with Crippen LogP contribution in [-0.4, -0.2) is 24.2 Å². The molecule has 110 valence electrons. The lowest BCUT2D eigenvalue weighted by Gasteiger charge is -2.34. The summed E-state index contributed by atoms with van der Waals surface area (Å²) in [4.78, 5) is 11.4. The van der Waals surface area contributed by atoms with E-state index >= 15 is 0 Å². The monoisotopic (exact) mass is 275 g/mol. The summed E-state index contributed by atoms with van der Waals surface area (Å²) in [6.45, 7) is 3.75. The SMILES string of the molecule is CC1(CNCC(C(=O)O)c2ccccc2)CCCCC1. The van der Waals surface area contributed by atoms with Gasteiger partial charge in [-0.3, -0.25) is 4.79 Å². The van der Waals surface area contributed by atoms with Crippen molar-refractivity contribution in [3.63, 3.8) is 0 Å². The Bertz CT molecular complexity index is 424. The number of aliphatic carboxylic acids is 1. The number of carboxylic acid groups (broad SMARTS) is 1. The summed E-state index contributed by atoms with van der Waals surface area (Å²) >= 11 is 0. The molecule has 1 unspecified atom stereocenters. The number of hydrogen-bond acceptors (Lipinski definition) is 2. The summed E-state index contributed by atoms with van der Waals surface area (Å²) in [7, 11) is 0. The molecule has 1 aliphatic rings. The number of benzene rings is 1. The third kappa shape index (κ3) is 4.07. The van der Waals surface area contributed by atoms with Gasteiger partial charge in [0.15, 0.2) is 0 Å². The highest BCUT2D eigenvalue weighted by Crippen LogP contribution is 2.35. The van der Waals surface area contributed by atoms with E-state index in [-0.39, 0.29) is 0 Å². The van der Waals surface area contributed by atoms with E-state index < -0.39 is 11.9 Å². The summed E-state index contributed by atoms with van der Waals surface area (Å²) in [6.07, 6.45) is 6.46. The first kappa shape index (κ1) is 15.0. The minimum absolute atomic E-state index is 0.345. The highest BCUT2D eigenvalue weighted by molar-refractivity contribution is 5.76. The van der Waals surface area contributed by atoms with Crippen LogP contribution in [0.25, 0.3) is 0 Å². The molecule has 0 aromatic heterocycles. The van der Waals surface area contributed by atoms with Crippen molar-refractivity contribution in [2.24, 2.45) is 5.41 Å². The van der Waals surface area contributed by atoms with Crippen LogP contribution in [0.15, 0.2) is 30.3 Å². The van der Waals surface area contributed by atoms with Gasteiger partial charge in [0.05, 0.1) is 5.92 Å². The second-order valence-corrected chi connectivity index (χ2v) is 6.30. The molecule has 0 amide bonds. The summed E-state index contributed by atoms with van der Waals surface area (Å²) in [5.41, 5.74) is 1.22. The molecule has 2 rings (SSSR count). The maximum Gasteiger partial charge on any atom is 0.312 e. The van der Waals surface area contributed by atoms with Crippen LogP contribution in [0.2, 0.25) is 0 Å². The lowest BCUT2D eigenvalue weighted by molar-refractivity contribution is -0.138. The van der Waals surface area contributed by atoms with E-state index in [1.807, 2.05) is 30.3 Å². The number of hydrogen-bond donors (Lipinski definition) is 2. The molecule has 0 radical (unpaired) electrons. The predicted molar refractivity (Wildman–Crippen MR) is 80.9 cm³/mol. The Labute approximate surface area is 121 Å². The molecule has 0 saturated heterocycles. The third-order valence-electron chi connectivity index (χ3n) is 4.46. The van der Waals surface area contributed by atoms with Crippen LogP contribution in [0.3, 0.4) is 0 Å². The van der Waals surface area contributed by atoms with Crippen molar-refractivity contribution in [3.8, 4) is 0 Å². The minimum Gasteiger partial charge on any atom is -0.481 e. The Morgan fingerprint density at radius 3 is 2.50 bits per heavy atom.